The zero-order valence-corrected chi connectivity index (χ0v) is 29.0. The monoisotopic (exact) mass is 888 g/mol. The summed E-state index contributed by atoms with van der Waals surface area (Å²) in [6.07, 6.45) is 1.63. The number of nitrogens with one attached hydrogen (secondary N) is 1. The van der Waals surface area contributed by atoms with Gasteiger partial charge in [-0.05, 0) is 30.7 Å². The van der Waals surface area contributed by atoms with Crippen molar-refractivity contribution >= 4 is 54.9 Å². The normalized spacial score (nSPS) is 15.4. The maximum absolute atomic E-state index is 12.9. The number of amides is 1. The van der Waals surface area contributed by atoms with Crippen molar-refractivity contribution in [2.45, 2.75) is 45.6 Å². The number of carboxylic acids is 1. The summed E-state index contributed by atoms with van der Waals surface area (Å²) in [5, 5.41) is 12.1. The van der Waals surface area contributed by atoms with E-state index >= 15 is 0 Å². The van der Waals surface area contributed by atoms with Gasteiger partial charge in [-0.2, -0.15) is 0 Å². The summed E-state index contributed by atoms with van der Waals surface area (Å²) in [5.41, 5.74) is 1.09. The molecule has 2 rings (SSSR count). The number of hydrogen-bond donors (Lipinski definition) is 2. The average Bonchev–Trinajstić information content (AvgIpc) is 2.77. The molecule has 0 unspecified atom stereocenters. The summed E-state index contributed by atoms with van der Waals surface area (Å²) in [7, 11) is 0. The van der Waals surface area contributed by atoms with E-state index in [0.29, 0.717) is 65.4 Å². The molecule has 0 saturated carbocycles. The van der Waals surface area contributed by atoms with E-state index in [1.54, 1.807) is 0 Å². The first kappa shape index (κ1) is 35.0. The molecular formula is C23H34I3N2O5Y-. The number of aliphatic carboxylic acids is 1. The summed E-state index contributed by atoms with van der Waals surface area (Å²) in [6.45, 7) is 6.78. The van der Waals surface area contributed by atoms with Gasteiger partial charge in [0.15, 0.2) is 0 Å². The predicted molar refractivity (Wildman–Crippen MR) is 142 cm³/mol. The minimum absolute atomic E-state index is 0. The molecule has 1 aromatic rings. The van der Waals surface area contributed by atoms with Crippen LogP contribution in [0, 0.1) is 11.8 Å². The van der Waals surface area contributed by atoms with Gasteiger partial charge >= 0.3 is 56.5 Å². The second-order valence-electron chi connectivity index (χ2n) is 8.44. The fraction of sp³-hybridized carbons (Fsp3) is 0.609. The summed E-state index contributed by atoms with van der Waals surface area (Å²) in [6, 6.07) is 8.86. The first-order valence-electron chi connectivity index (χ1n) is 11.0. The van der Waals surface area contributed by atoms with Gasteiger partial charge in [0, 0.05) is 58.1 Å². The molecule has 11 heteroatoms. The molecule has 1 aromatic carbocycles. The number of carbonyl (C=O) groups is 3. The maximum atomic E-state index is 12.9. The van der Waals surface area contributed by atoms with Crippen molar-refractivity contribution in [1.29, 1.82) is 0 Å². The molecule has 1 fully saturated rings. The Hall–Kier alpha value is 1.04. The molecule has 0 spiro atoms. The van der Waals surface area contributed by atoms with E-state index < -0.39 is 17.9 Å². The van der Waals surface area contributed by atoms with E-state index in [4.69, 9.17) is 4.74 Å². The van der Waals surface area contributed by atoms with Crippen LogP contribution in [0.4, 0.5) is 0 Å². The number of ketones is 1. The van der Waals surface area contributed by atoms with Crippen molar-refractivity contribution in [3.8, 4) is 0 Å². The molecule has 1 amide bonds. The SMILES string of the molecule is CC(C)C[C@H](NC(=O)[C@H](CCc1ccccc1)CC(=O)CN1CCOCC1)C(=O)O.I[I-]I.[Y]. The van der Waals surface area contributed by atoms with Crippen molar-refractivity contribution in [3.63, 3.8) is 0 Å². The Morgan fingerprint density at radius 2 is 1.74 bits per heavy atom. The summed E-state index contributed by atoms with van der Waals surface area (Å²) in [4.78, 5) is 39.2. The number of nitrogens with zero attached hydrogens (tertiary/aromatic N) is 1. The Balaban J connectivity index is 0.00000258. The third-order valence-corrected chi connectivity index (χ3v) is 5.29. The summed E-state index contributed by atoms with van der Waals surface area (Å²) in [5.74, 6) is -1.81. The summed E-state index contributed by atoms with van der Waals surface area (Å²) < 4.78 is 5.31. The van der Waals surface area contributed by atoms with Crippen molar-refractivity contribution < 1.29 is 70.2 Å². The predicted octanol–water partition coefficient (Wildman–Crippen LogP) is 0.915. The number of halogens is 3. The van der Waals surface area contributed by atoms with Crippen LogP contribution in [-0.4, -0.2) is 66.6 Å². The van der Waals surface area contributed by atoms with Crippen LogP contribution in [0.25, 0.3) is 0 Å². The van der Waals surface area contributed by atoms with Gasteiger partial charge in [-0.1, -0.05) is 44.2 Å². The van der Waals surface area contributed by atoms with E-state index in [-0.39, 0.29) is 56.7 Å². The number of aryl methyl sites for hydroxylation is 1. The zero-order valence-electron chi connectivity index (χ0n) is 19.7. The molecule has 1 saturated heterocycles. The quantitative estimate of drug-likeness (QED) is 0.304. The van der Waals surface area contributed by atoms with Crippen LogP contribution in [0.5, 0.6) is 0 Å². The Labute approximate surface area is 258 Å². The minimum atomic E-state index is -1.04. The zero-order chi connectivity index (χ0) is 24.6. The Bertz CT molecular complexity index is 722. The molecule has 1 aliphatic rings. The van der Waals surface area contributed by atoms with Crippen molar-refractivity contribution in [3.05, 3.63) is 35.9 Å². The van der Waals surface area contributed by atoms with E-state index in [1.165, 1.54) is 0 Å². The number of hydrogen-bond acceptors (Lipinski definition) is 5. The largest absolute Gasteiger partial charge is 0 e. The van der Waals surface area contributed by atoms with Crippen LogP contribution < -0.4 is 18.6 Å². The molecule has 0 aromatic heterocycles. The van der Waals surface area contributed by atoms with Crippen LogP contribution in [0.3, 0.4) is 0 Å². The first-order valence-corrected chi connectivity index (χ1v) is 23.6. The van der Waals surface area contributed by atoms with Gasteiger partial charge in [-0.15, -0.1) is 0 Å². The van der Waals surface area contributed by atoms with Crippen molar-refractivity contribution in [1.82, 2.24) is 10.2 Å². The minimum Gasteiger partial charge on any atom is 0 e. The molecule has 2 atom stereocenters. The van der Waals surface area contributed by atoms with Gasteiger partial charge in [0.05, 0.1) is 19.8 Å². The van der Waals surface area contributed by atoms with Gasteiger partial charge in [0.2, 0.25) is 5.91 Å². The second kappa shape index (κ2) is 21.0. The van der Waals surface area contributed by atoms with Gasteiger partial charge in [0.25, 0.3) is 0 Å². The number of carboxylic acid groups (broad SMARTS) is 1. The smallest absolute Gasteiger partial charge is 0 e. The fourth-order valence-corrected chi connectivity index (χ4v) is 3.64. The van der Waals surface area contributed by atoms with Gasteiger partial charge < -0.3 is 15.2 Å². The van der Waals surface area contributed by atoms with Crippen LogP contribution >= 0.6 is 37.2 Å². The molecule has 1 heterocycles. The van der Waals surface area contributed by atoms with Crippen molar-refractivity contribution in [2.75, 3.05) is 32.8 Å². The molecule has 0 aliphatic carbocycles. The molecule has 2 N–H and O–H groups in total. The first-order chi connectivity index (χ1) is 15.8. The molecular weight excluding hydrogens is 854 g/mol. The standard InChI is InChI=1S/C23H34N2O5.I3.Y/c1-17(2)14-21(23(28)29)24-22(27)19(9-8-18-6-4-3-5-7-18)15-20(26)16-25-10-12-30-13-11-25;1-3-2;/h3-7,17,19,21H,8-16H2,1-2H3,(H,24,27)(H,28,29);;/q;-1;/t19-,21+;;/m1../s1. The van der Waals surface area contributed by atoms with Crippen LogP contribution in [0.2, 0.25) is 0 Å². The topological polar surface area (TPSA) is 95.9 Å². The number of benzene rings is 1. The number of carbonyl (C=O) groups excluding carboxylic acids is 2. The number of morpholine rings is 1. The molecule has 34 heavy (non-hydrogen) atoms. The summed E-state index contributed by atoms with van der Waals surface area (Å²) >= 11 is 5.30. The van der Waals surface area contributed by atoms with E-state index in [1.807, 2.05) is 49.1 Å². The number of rotatable bonds is 12. The molecule has 1 aliphatic heterocycles. The number of Topliss-reactive ketones (excluding diaryl/α,β-unsaturated/α-hetero) is 1. The van der Waals surface area contributed by atoms with E-state index in [0.717, 1.165) is 5.56 Å². The van der Waals surface area contributed by atoms with Crippen LogP contribution in [0.15, 0.2) is 30.3 Å². The third kappa shape index (κ3) is 16.0. The number of ether oxygens (including phenoxy) is 1. The Morgan fingerprint density at radius 3 is 2.26 bits per heavy atom. The van der Waals surface area contributed by atoms with Gasteiger partial charge in [-0.3, -0.25) is 14.5 Å². The molecule has 1 radical (unpaired) electrons. The third-order valence-electron chi connectivity index (χ3n) is 5.29. The van der Waals surface area contributed by atoms with Gasteiger partial charge in [0.1, 0.15) is 11.8 Å². The Morgan fingerprint density at radius 1 is 1.15 bits per heavy atom. The second-order valence-corrected chi connectivity index (χ2v) is 24.7. The van der Waals surface area contributed by atoms with Crippen molar-refractivity contribution in [2.24, 2.45) is 11.8 Å². The van der Waals surface area contributed by atoms with E-state index in [9.17, 15) is 19.5 Å². The fourth-order valence-electron chi connectivity index (χ4n) is 3.64. The van der Waals surface area contributed by atoms with E-state index in [2.05, 4.69) is 42.5 Å². The molecule has 0 bridgehead atoms. The Kier molecular flexibility index (Phi) is 21.7. The maximum Gasteiger partial charge on any atom is 0 e. The van der Waals surface area contributed by atoms with Gasteiger partial charge in [-0.25, -0.2) is 4.79 Å². The average molecular weight is 888 g/mol. The molecule has 191 valence electrons. The van der Waals surface area contributed by atoms with Crippen LogP contribution in [-0.2, 0) is 58.3 Å². The van der Waals surface area contributed by atoms with Crippen LogP contribution in [0.1, 0.15) is 38.7 Å². The molecule has 7 nitrogen and oxygen atoms in total.